The Morgan fingerprint density at radius 3 is 1.81 bits per heavy atom. The van der Waals surface area contributed by atoms with E-state index in [1.807, 2.05) is 95.0 Å². The Morgan fingerprint density at radius 2 is 1.31 bits per heavy atom. The number of likely N-dealkylation sites (N-methyl/N-ethyl adjacent to an activating group) is 2. The lowest BCUT2D eigenvalue weighted by molar-refractivity contribution is -0.319. The minimum Gasteiger partial charge on any atom is -0.497 e. The SMILES string of the molecule is CC[C@H]1OC(=O)[C@H](C)[C@@H](O[C@H]2C[C@@](C)(OC)[C@@H](O)[C@H](C)O2)[C@H](C)[C@@H](O[C@@H]2O[C@H](C)C[C@H](N(C)C)[C@H]2OC(=O)[C@@H]2CCCN2C(=O)[C@@H](C)CS(c2ccc(OC)cc2)(c2ccc(OC)cc2)c2ccc(OC)cc2)[C@](C)(O)C[C@@H](C)CN(C)[C@H](C)[C@@H](O)[C@]1(C)O. The van der Waals surface area contributed by atoms with Crippen LogP contribution in [0, 0.1) is 23.7 Å². The van der Waals surface area contributed by atoms with E-state index in [0.29, 0.717) is 55.4 Å². The van der Waals surface area contributed by atoms with Crippen LogP contribution in [0.25, 0.3) is 0 Å². The first-order chi connectivity index (χ1) is 41.9. The summed E-state index contributed by atoms with van der Waals surface area (Å²) >= 11 is 0. The van der Waals surface area contributed by atoms with Gasteiger partial charge in [-0.3, -0.25) is 9.59 Å². The van der Waals surface area contributed by atoms with Crippen molar-refractivity contribution in [3.8, 4) is 17.2 Å². The largest absolute Gasteiger partial charge is 0.497 e. The van der Waals surface area contributed by atoms with Gasteiger partial charge in [0, 0.05) is 50.3 Å². The van der Waals surface area contributed by atoms with Gasteiger partial charge in [-0.05, 0) is 195 Å². The molecule has 500 valence electrons. The molecule has 20 nitrogen and oxygen atoms in total. The number of benzene rings is 3. The maximum absolute atomic E-state index is 15.4. The summed E-state index contributed by atoms with van der Waals surface area (Å²) in [6.07, 6.45) is -8.87. The lowest BCUT2D eigenvalue weighted by Gasteiger charge is -2.49. The van der Waals surface area contributed by atoms with Crippen molar-refractivity contribution in [1.82, 2.24) is 14.7 Å². The molecular formula is C68H105N3O17S. The van der Waals surface area contributed by atoms with Crippen LogP contribution in [0.3, 0.4) is 0 Å². The number of esters is 2. The molecule has 3 aromatic carbocycles. The Hall–Kier alpha value is -4.62. The number of aliphatic hydroxyl groups excluding tert-OH is 2. The van der Waals surface area contributed by atoms with Crippen LogP contribution < -0.4 is 14.2 Å². The zero-order valence-electron chi connectivity index (χ0n) is 56.0. The summed E-state index contributed by atoms with van der Waals surface area (Å²) in [5.74, 6) is -2.02. The lowest BCUT2D eigenvalue weighted by Crippen LogP contribution is -2.61. The van der Waals surface area contributed by atoms with Crippen LogP contribution in [0.4, 0.5) is 0 Å². The van der Waals surface area contributed by atoms with Gasteiger partial charge in [-0.25, -0.2) is 4.79 Å². The molecule has 0 saturated carbocycles. The molecule has 0 bridgehead atoms. The van der Waals surface area contributed by atoms with E-state index in [4.69, 9.17) is 47.4 Å². The molecule has 4 aliphatic rings. The zero-order valence-corrected chi connectivity index (χ0v) is 56.8. The Labute approximate surface area is 530 Å². The minimum atomic E-state index is -2.24. The van der Waals surface area contributed by atoms with Crippen LogP contribution >= 0.6 is 10.0 Å². The fourth-order valence-electron chi connectivity index (χ4n) is 14.2. The predicted octanol–water partition coefficient (Wildman–Crippen LogP) is 8.09. The van der Waals surface area contributed by atoms with Crippen molar-refractivity contribution in [2.45, 2.75) is 226 Å². The standard InChI is InChI=1S/C68H105N3O17S/c1-19-55-68(11,78)59(72)45(7)70(14)38-40(2)36-66(9,77)61(43(5)57(44(6)63(75)85-55)86-56-37-67(10,82-18)60(73)46(8)84-56)88-65-58(54(69(12)13)35-42(4)83-65)87-64(76)53-21-20-34-71(53)62(74)41(3)39-89(50-28-22-47(79-15)23-29-50,51-30-24-48(80-16)25-31-51)52-32-26-49(81-17)27-33-52/h22-33,40-46,53-61,65,72-73,77-78H,19-21,34-39H2,1-18H3/t40-,41+,42-,43+,44-,45-,46+,53+,54+,55-,56+,57+,58-,59-,60+,61-,65+,66-,67-,68-/m1/s1. The first kappa shape index (κ1) is 71.8. The van der Waals surface area contributed by atoms with Gasteiger partial charge in [0.15, 0.2) is 18.7 Å². The van der Waals surface area contributed by atoms with Crippen molar-refractivity contribution in [3.63, 3.8) is 0 Å². The molecule has 21 heteroatoms. The molecule has 7 rings (SSSR count). The maximum Gasteiger partial charge on any atom is 0.329 e. The molecule has 4 saturated heterocycles. The van der Waals surface area contributed by atoms with E-state index in [2.05, 4.69) is 36.4 Å². The number of methoxy groups -OCH3 is 4. The second-order valence-electron chi connectivity index (χ2n) is 26.6. The van der Waals surface area contributed by atoms with Gasteiger partial charge in [0.25, 0.3) is 0 Å². The molecule has 1 amide bonds. The number of ether oxygens (including phenoxy) is 10. The Bertz CT molecular complexity index is 2660. The van der Waals surface area contributed by atoms with Crippen LogP contribution in [-0.2, 0) is 47.5 Å². The number of nitrogens with zero attached hydrogens (tertiary/aromatic N) is 3. The van der Waals surface area contributed by atoms with Crippen LogP contribution in [-0.4, -0.2) is 218 Å². The first-order valence-electron chi connectivity index (χ1n) is 31.7. The second-order valence-corrected chi connectivity index (χ2v) is 29.8. The van der Waals surface area contributed by atoms with E-state index in [-0.39, 0.29) is 31.1 Å². The van der Waals surface area contributed by atoms with Gasteiger partial charge in [0.05, 0.1) is 68.9 Å². The Kier molecular flexibility index (Phi) is 24.2. The quantitative estimate of drug-likeness (QED) is 0.0881. The highest BCUT2D eigenvalue weighted by atomic mass is 32.3. The van der Waals surface area contributed by atoms with E-state index < -0.39 is 136 Å². The van der Waals surface area contributed by atoms with Gasteiger partial charge < -0.3 is 82.5 Å². The molecule has 0 aromatic heterocycles. The van der Waals surface area contributed by atoms with E-state index >= 15 is 9.59 Å². The van der Waals surface area contributed by atoms with Gasteiger partial charge in [0.1, 0.15) is 47.2 Å². The van der Waals surface area contributed by atoms with Crippen LogP contribution in [0.2, 0.25) is 0 Å². The van der Waals surface area contributed by atoms with E-state index in [9.17, 15) is 25.2 Å². The van der Waals surface area contributed by atoms with E-state index in [1.165, 1.54) is 14.0 Å². The van der Waals surface area contributed by atoms with E-state index in [0.717, 1.165) is 14.7 Å². The summed E-state index contributed by atoms with van der Waals surface area (Å²) in [4.78, 5) is 54.1. The number of aliphatic hydroxyl groups is 4. The first-order valence-corrected chi connectivity index (χ1v) is 33.5. The number of amides is 1. The van der Waals surface area contributed by atoms with E-state index in [1.54, 1.807) is 67.8 Å². The highest BCUT2D eigenvalue weighted by Crippen LogP contribution is 2.69. The third-order valence-corrected chi connectivity index (χ3v) is 23.8. The third-order valence-electron chi connectivity index (χ3n) is 19.5. The number of rotatable bonds is 18. The second kappa shape index (κ2) is 30.0. The molecule has 0 radical (unpaired) electrons. The maximum atomic E-state index is 15.4. The lowest BCUT2D eigenvalue weighted by atomic mass is 9.77. The zero-order chi connectivity index (χ0) is 65.7. The molecule has 4 aliphatic heterocycles. The Morgan fingerprint density at radius 1 is 0.775 bits per heavy atom. The summed E-state index contributed by atoms with van der Waals surface area (Å²) in [7, 11) is 9.76. The van der Waals surface area contributed by atoms with Crippen molar-refractivity contribution in [3.05, 3.63) is 72.8 Å². The molecule has 4 fully saturated rings. The molecular weight excluding hydrogens is 1160 g/mol. The monoisotopic (exact) mass is 1270 g/mol. The van der Waals surface area contributed by atoms with Crippen LogP contribution in [0.1, 0.15) is 115 Å². The summed E-state index contributed by atoms with van der Waals surface area (Å²) in [6, 6.07) is 21.9. The normalized spacial score (nSPS) is 36.1. The molecule has 0 spiro atoms. The molecule has 0 aliphatic carbocycles. The number of likely N-dealkylation sites (tertiary alicyclic amines) is 1. The van der Waals surface area contributed by atoms with Gasteiger partial charge >= 0.3 is 11.9 Å². The summed E-state index contributed by atoms with van der Waals surface area (Å²) in [6.45, 7) is 20.1. The summed E-state index contributed by atoms with van der Waals surface area (Å²) in [5.41, 5.74) is -4.74. The predicted molar refractivity (Wildman–Crippen MR) is 338 cm³/mol. The van der Waals surface area contributed by atoms with Gasteiger partial charge in [-0.15, -0.1) is 0 Å². The van der Waals surface area contributed by atoms with Gasteiger partial charge in [-0.2, -0.15) is 10.0 Å². The number of carbonyl (C=O) groups is 3. The highest BCUT2D eigenvalue weighted by molar-refractivity contribution is 8.33. The average molecular weight is 1270 g/mol. The molecule has 89 heavy (non-hydrogen) atoms. The topological polar surface area (TPSA) is 234 Å². The van der Waals surface area contributed by atoms with Crippen molar-refractivity contribution in [2.24, 2.45) is 23.7 Å². The molecule has 0 unspecified atom stereocenters. The van der Waals surface area contributed by atoms with Crippen LogP contribution in [0.15, 0.2) is 87.5 Å². The molecule has 20 atom stereocenters. The van der Waals surface area contributed by atoms with Crippen molar-refractivity contribution >= 4 is 27.9 Å². The Balaban J connectivity index is 1.26. The molecule has 3 aromatic rings. The van der Waals surface area contributed by atoms with Crippen molar-refractivity contribution in [2.75, 3.05) is 68.4 Å². The third kappa shape index (κ3) is 15.7. The number of hydrogen-bond acceptors (Lipinski definition) is 19. The van der Waals surface area contributed by atoms with Crippen molar-refractivity contribution in [1.29, 1.82) is 0 Å². The molecule has 4 N–H and O–H groups in total. The number of cyclic esters (lactones) is 1. The van der Waals surface area contributed by atoms with Gasteiger partial charge in [0.2, 0.25) is 5.91 Å². The minimum absolute atomic E-state index is 0.0585. The fraction of sp³-hybridized carbons (Fsp3) is 0.691. The summed E-state index contributed by atoms with van der Waals surface area (Å²) < 4.78 is 63.0. The fourth-order valence-corrected chi connectivity index (χ4v) is 18.3. The molecule has 4 heterocycles. The van der Waals surface area contributed by atoms with Crippen LogP contribution in [0.5, 0.6) is 17.2 Å². The summed E-state index contributed by atoms with van der Waals surface area (Å²) in [5, 5.41) is 48.5. The number of carbonyl (C=O) groups excluding carboxylic acids is 3. The number of hydrogen-bond donors (Lipinski definition) is 4. The van der Waals surface area contributed by atoms with Crippen molar-refractivity contribution < 1.29 is 82.2 Å². The highest BCUT2D eigenvalue weighted by Gasteiger charge is 2.54. The smallest absolute Gasteiger partial charge is 0.329 e. The average Bonchev–Trinajstić information content (AvgIpc) is 1.49. The van der Waals surface area contributed by atoms with Gasteiger partial charge in [-0.1, -0.05) is 27.7 Å².